The number of benzene rings is 2. The van der Waals surface area contributed by atoms with Crippen molar-refractivity contribution in [2.45, 2.75) is 26.3 Å². The van der Waals surface area contributed by atoms with Gasteiger partial charge in [0.05, 0.1) is 11.7 Å². The Bertz CT molecular complexity index is 1040. The maximum atomic E-state index is 13.1. The van der Waals surface area contributed by atoms with Crippen molar-refractivity contribution in [3.05, 3.63) is 47.2 Å². The molecule has 2 aromatic carbocycles. The van der Waals surface area contributed by atoms with Crippen LogP contribution in [0.4, 0.5) is 20.3 Å². The van der Waals surface area contributed by atoms with Crippen LogP contribution >= 0.6 is 0 Å². The van der Waals surface area contributed by atoms with Crippen molar-refractivity contribution in [2.24, 2.45) is 0 Å². The van der Waals surface area contributed by atoms with Gasteiger partial charge in [-0.15, -0.1) is 5.10 Å². The summed E-state index contributed by atoms with van der Waals surface area (Å²) >= 11 is 0. The molecule has 1 aliphatic heterocycles. The Labute approximate surface area is 160 Å². The van der Waals surface area contributed by atoms with E-state index >= 15 is 0 Å². The number of aromatic nitrogens is 2. The van der Waals surface area contributed by atoms with Gasteiger partial charge in [-0.1, -0.05) is 0 Å². The van der Waals surface area contributed by atoms with Gasteiger partial charge in [-0.2, -0.15) is 5.10 Å². The quantitative estimate of drug-likeness (QED) is 0.647. The number of nitrogens with one attached hydrogen (secondary N) is 1. The highest BCUT2D eigenvalue weighted by Gasteiger charge is 2.19. The molecule has 1 atom stereocenters. The van der Waals surface area contributed by atoms with Crippen molar-refractivity contribution < 1.29 is 18.3 Å². The molecule has 0 spiro atoms. The average Bonchev–Trinajstić information content (AvgIpc) is 2.68. The Morgan fingerprint density at radius 2 is 1.61 bits per heavy atom. The third-order valence-electron chi connectivity index (χ3n) is 4.73. The summed E-state index contributed by atoms with van der Waals surface area (Å²) in [4.78, 5) is 0. The first-order chi connectivity index (χ1) is 13.4. The van der Waals surface area contributed by atoms with E-state index in [9.17, 15) is 8.78 Å². The van der Waals surface area contributed by atoms with E-state index in [0.717, 1.165) is 16.5 Å². The lowest BCUT2D eigenvalue weighted by atomic mass is 10.0. The molecule has 1 aromatic heterocycles. The number of aryl methyl sites for hydroxylation is 1. The second-order valence-electron chi connectivity index (χ2n) is 6.78. The fourth-order valence-corrected chi connectivity index (χ4v) is 3.29. The van der Waals surface area contributed by atoms with Crippen LogP contribution in [0.5, 0.6) is 11.5 Å². The van der Waals surface area contributed by atoms with Crippen LogP contribution in [-0.4, -0.2) is 23.4 Å². The molecule has 0 amide bonds. The predicted octanol–water partition coefficient (Wildman–Crippen LogP) is 4.40. The van der Waals surface area contributed by atoms with E-state index in [-0.39, 0.29) is 11.6 Å². The van der Waals surface area contributed by atoms with Crippen LogP contribution in [0.15, 0.2) is 30.3 Å². The molecule has 0 fully saturated rings. The van der Waals surface area contributed by atoms with Gasteiger partial charge in [0, 0.05) is 22.0 Å². The van der Waals surface area contributed by atoms with E-state index in [1.165, 1.54) is 12.1 Å². The molecule has 1 aliphatic rings. The molecule has 0 bridgehead atoms. The summed E-state index contributed by atoms with van der Waals surface area (Å²) in [5.74, 6) is 1.85. The highest BCUT2D eigenvalue weighted by molar-refractivity contribution is 5.95. The Kier molecular flexibility index (Phi) is 4.62. The molecule has 0 radical (unpaired) electrons. The number of ether oxygens (including phenoxy) is 2. The molecule has 8 heteroatoms. The van der Waals surface area contributed by atoms with Crippen molar-refractivity contribution in [1.82, 2.24) is 10.2 Å². The second-order valence-corrected chi connectivity index (χ2v) is 6.78. The summed E-state index contributed by atoms with van der Waals surface area (Å²) in [5, 5.41) is 13.4. The summed E-state index contributed by atoms with van der Waals surface area (Å²) in [6.07, 6.45) is -2.59. The molecule has 0 saturated carbocycles. The summed E-state index contributed by atoms with van der Waals surface area (Å²) in [5.41, 5.74) is 7.38. The first-order valence-corrected chi connectivity index (χ1v) is 8.94. The van der Waals surface area contributed by atoms with E-state index in [1.54, 1.807) is 6.07 Å². The number of nitrogen functional groups attached to an aromatic ring is 1. The van der Waals surface area contributed by atoms with Crippen LogP contribution in [-0.2, 0) is 0 Å². The SMILES string of the molecule is Cc1nnc(N[C@H](C)c2cc(N)cc(C(F)F)c2)c2cc3c(cc12)OCCO3. The Morgan fingerprint density at radius 3 is 2.29 bits per heavy atom. The maximum absolute atomic E-state index is 13.1. The normalized spacial score (nSPS) is 14.3. The smallest absolute Gasteiger partial charge is 0.263 e. The number of hydrogen-bond donors (Lipinski definition) is 2. The molecule has 4 rings (SSSR count). The number of hydrogen-bond acceptors (Lipinski definition) is 6. The van der Waals surface area contributed by atoms with Gasteiger partial charge in [-0.25, -0.2) is 8.78 Å². The van der Waals surface area contributed by atoms with Crippen LogP contribution in [0.3, 0.4) is 0 Å². The van der Waals surface area contributed by atoms with E-state index in [0.29, 0.717) is 41.8 Å². The summed E-state index contributed by atoms with van der Waals surface area (Å²) in [6, 6.07) is 7.84. The van der Waals surface area contributed by atoms with E-state index in [4.69, 9.17) is 15.2 Å². The van der Waals surface area contributed by atoms with Gasteiger partial charge in [0.15, 0.2) is 17.3 Å². The van der Waals surface area contributed by atoms with Crippen molar-refractivity contribution in [2.75, 3.05) is 24.3 Å². The first kappa shape index (κ1) is 18.2. The number of nitrogens with two attached hydrogens (primary N) is 1. The Balaban J connectivity index is 1.72. The minimum atomic E-state index is -2.59. The lowest BCUT2D eigenvalue weighted by Gasteiger charge is -2.21. The Morgan fingerprint density at radius 1 is 0.964 bits per heavy atom. The van der Waals surface area contributed by atoms with E-state index in [2.05, 4.69) is 15.5 Å². The molecule has 0 unspecified atom stereocenters. The van der Waals surface area contributed by atoms with Crippen molar-refractivity contribution in [3.63, 3.8) is 0 Å². The molecule has 3 N–H and O–H groups in total. The monoisotopic (exact) mass is 386 g/mol. The molecule has 0 saturated heterocycles. The lowest BCUT2D eigenvalue weighted by molar-refractivity contribution is 0.151. The third-order valence-corrected chi connectivity index (χ3v) is 4.73. The third kappa shape index (κ3) is 3.37. The number of rotatable bonds is 4. The zero-order valence-electron chi connectivity index (χ0n) is 15.5. The van der Waals surface area contributed by atoms with Gasteiger partial charge in [0.25, 0.3) is 6.43 Å². The molecule has 0 aliphatic carbocycles. The van der Waals surface area contributed by atoms with E-state index < -0.39 is 6.43 Å². The minimum Gasteiger partial charge on any atom is -0.486 e. The molecule has 28 heavy (non-hydrogen) atoms. The number of alkyl halides is 2. The highest BCUT2D eigenvalue weighted by Crippen LogP contribution is 2.38. The summed E-state index contributed by atoms with van der Waals surface area (Å²) < 4.78 is 37.5. The molecule has 146 valence electrons. The molecule has 3 aromatic rings. The fraction of sp³-hybridized carbons (Fsp3) is 0.300. The summed E-state index contributed by atoms with van der Waals surface area (Å²) in [6.45, 7) is 4.70. The highest BCUT2D eigenvalue weighted by atomic mass is 19.3. The second kappa shape index (κ2) is 7.10. The van der Waals surface area contributed by atoms with Gasteiger partial charge in [-0.3, -0.25) is 0 Å². The van der Waals surface area contributed by atoms with Gasteiger partial charge in [-0.05, 0) is 49.7 Å². The van der Waals surface area contributed by atoms with Gasteiger partial charge in [0.2, 0.25) is 0 Å². The number of halogens is 2. The number of nitrogens with zero attached hydrogens (tertiary/aromatic N) is 2. The van der Waals surface area contributed by atoms with Crippen molar-refractivity contribution in [3.8, 4) is 11.5 Å². The van der Waals surface area contributed by atoms with Crippen LogP contribution < -0.4 is 20.5 Å². The molecule has 6 nitrogen and oxygen atoms in total. The van der Waals surface area contributed by atoms with Crippen LogP contribution in [0.25, 0.3) is 10.8 Å². The molecule has 2 heterocycles. The Hall–Kier alpha value is -3.16. The van der Waals surface area contributed by atoms with Crippen LogP contribution in [0.2, 0.25) is 0 Å². The average molecular weight is 386 g/mol. The lowest BCUT2D eigenvalue weighted by Crippen LogP contribution is -2.15. The van der Waals surface area contributed by atoms with Crippen molar-refractivity contribution >= 4 is 22.3 Å². The maximum Gasteiger partial charge on any atom is 0.263 e. The van der Waals surface area contributed by atoms with Gasteiger partial charge < -0.3 is 20.5 Å². The fourth-order valence-electron chi connectivity index (χ4n) is 3.29. The van der Waals surface area contributed by atoms with Gasteiger partial charge >= 0.3 is 0 Å². The largest absolute Gasteiger partial charge is 0.486 e. The van der Waals surface area contributed by atoms with Crippen molar-refractivity contribution in [1.29, 1.82) is 0 Å². The number of anilines is 2. The van der Waals surface area contributed by atoms with Crippen LogP contribution in [0.1, 0.15) is 36.2 Å². The predicted molar refractivity (Wildman–Crippen MR) is 103 cm³/mol. The van der Waals surface area contributed by atoms with Gasteiger partial charge in [0.1, 0.15) is 13.2 Å². The number of fused-ring (bicyclic) bond motifs is 2. The summed E-state index contributed by atoms with van der Waals surface area (Å²) in [7, 11) is 0. The molecular weight excluding hydrogens is 366 g/mol. The molecular formula is C20H20F2N4O2. The first-order valence-electron chi connectivity index (χ1n) is 8.94. The zero-order chi connectivity index (χ0) is 19.8. The standard InChI is InChI=1S/C20H20F2N4O2/c1-10(12-5-13(19(21)22)7-14(23)6-12)24-20-16-9-18-17(27-3-4-28-18)8-15(16)11(2)25-26-20/h5-10,19H,3-4,23H2,1-2H3,(H,24,26)/t10-/m1/s1. The topological polar surface area (TPSA) is 82.3 Å². The van der Waals surface area contributed by atoms with E-state index in [1.807, 2.05) is 26.0 Å². The minimum absolute atomic E-state index is 0.108. The van der Waals surface area contributed by atoms with Crippen LogP contribution in [0, 0.1) is 6.92 Å². The zero-order valence-corrected chi connectivity index (χ0v) is 15.5.